The second kappa shape index (κ2) is 10.7. The number of guanidine groups is 1. The third-order valence-electron chi connectivity index (χ3n) is 5.61. The Balaban J connectivity index is 1.57. The van der Waals surface area contributed by atoms with Gasteiger partial charge in [-0.15, -0.1) is 0 Å². The standard InChI is InChI=1S/C27H27FN4O3/c1-17-8-9-18(12-24(17)28)26(33)32-27(31-20-13-21(34-2)15-22(14-20)35-3)29-11-10-19-16-30-25-7-5-4-6-23(19)25/h4-9,12-16,30H,10-11H2,1-3H3,(H2,29,31,32,33). The number of benzene rings is 3. The molecular formula is C27H27FN4O3. The molecule has 0 unspecified atom stereocenters. The Hall–Kier alpha value is -4.33. The number of nitrogens with one attached hydrogen (secondary N) is 3. The lowest BCUT2D eigenvalue weighted by atomic mass is 10.1. The molecule has 4 aromatic rings. The van der Waals surface area contributed by atoms with E-state index in [0.29, 0.717) is 35.7 Å². The number of ether oxygens (including phenoxy) is 2. The lowest BCUT2D eigenvalue weighted by Gasteiger charge is -2.14. The Kier molecular flexibility index (Phi) is 7.30. The Labute approximate surface area is 203 Å². The first-order chi connectivity index (χ1) is 17.0. The molecule has 1 heterocycles. The van der Waals surface area contributed by atoms with Crippen LogP contribution >= 0.6 is 0 Å². The van der Waals surface area contributed by atoms with Gasteiger partial charge in [0.2, 0.25) is 5.96 Å². The zero-order chi connectivity index (χ0) is 24.8. The number of carbonyl (C=O) groups excluding carboxylic acids is 1. The number of aliphatic imine (C=N–C) groups is 1. The van der Waals surface area contributed by atoms with Crippen molar-refractivity contribution in [1.82, 2.24) is 10.3 Å². The highest BCUT2D eigenvalue weighted by Gasteiger charge is 2.13. The highest BCUT2D eigenvalue weighted by molar-refractivity contribution is 6.10. The van der Waals surface area contributed by atoms with Gasteiger partial charge in [-0.1, -0.05) is 24.3 Å². The largest absolute Gasteiger partial charge is 0.497 e. The van der Waals surface area contributed by atoms with Gasteiger partial charge >= 0.3 is 0 Å². The summed E-state index contributed by atoms with van der Waals surface area (Å²) in [5.41, 5.74) is 3.46. The van der Waals surface area contributed by atoms with E-state index in [-0.39, 0.29) is 11.5 Å². The molecule has 7 nitrogen and oxygen atoms in total. The molecule has 0 aliphatic heterocycles. The molecule has 0 radical (unpaired) electrons. The maximum absolute atomic E-state index is 14.0. The predicted octanol–water partition coefficient (Wildman–Crippen LogP) is 5.07. The van der Waals surface area contributed by atoms with Crippen LogP contribution in [-0.2, 0) is 6.42 Å². The number of aryl methyl sites for hydroxylation is 1. The smallest absolute Gasteiger partial charge is 0.258 e. The molecule has 180 valence electrons. The number of aromatic nitrogens is 1. The van der Waals surface area contributed by atoms with Crippen molar-refractivity contribution in [3.8, 4) is 11.5 Å². The number of aromatic amines is 1. The van der Waals surface area contributed by atoms with Crippen molar-refractivity contribution in [2.24, 2.45) is 4.99 Å². The van der Waals surface area contributed by atoms with Crippen molar-refractivity contribution in [3.63, 3.8) is 0 Å². The van der Waals surface area contributed by atoms with Crippen molar-refractivity contribution in [1.29, 1.82) is 0 Å². The zero-order valence-corrected chi connectivity index (χ0v) is 19.8. The van der Waals surface area contributed by atoms with Crippen LogP contribution in [-0.4, -0.2) is 37.6 Å². The molecule has 1 aromatic heterocycles. The van der Waals surface area contributed by atoms with E-state index in [1.807, 2.05) is 24.4 Å². The Morgan fingerprint density at radius 3 is 2.49 bits per heavy atom. The normalized spacial score (nSPS) is 11.4. The van der Waals surface area contributed by atoms with E-state index in [2.05, 4.69) is 26.7 Å². The summed E-state index contributed by atoms with van der Waals surface area (Å²) in [5.74, 6) is 0.470. The summed E-state index contributed by atoms with van der Waals surface area (Å²) in [6.45, 7) is 2.06. The van der Waals surface area contributed by atoms with Crippen LogP contribution in [0.5, 0.6) is 11.5 Å². The van der Waals surface area contributed by atoms with Crippen LogP contribution in [0.4, 0.5) is 10.1 Å². The van der Waals surface area contributed by atoms with Gasteiger partial charge in [0, 0.05) is 53.1 Å². The summed E-state index contributed by atoms with van der Waals surface area (Å²) < 4.78 is 24.7. The monoisotopic (exact) mass is 474 g/mol. The molecule has 0 saturated heterocycles. The Morgan fingerprint density at radius 2 is 1.77 bits per heavy atom. The average Bonchev–Trinajstić information content (AvgIpc) is 3.28. The molecule has 0 saturated carbocycles. The van der Waals surface area contributed by atoms with Gasteiger partial charge < -0.3 is 19.8 Å². The number of hydrogen-bond donors (Lipinski definition) is 3. The van der Waals surface area contributed by atoms with E-state index in [9.17, 15) is 9.18 Å². The number of carbonyl (C=O) groups is 1. The molecule has 4 rings (SSSR count). The summed E-state index contributed by atoms with van der Waals surface area (Å²) in [5, 5.41) is 7.03. The highest BCUT2D eigenvalue weighted by atomic mass is 19.1. The number of para-hydroxylation sites is 1. The van der Waals surface area contributed by atoms with Gasteiger partial charge in [-0.05, 0) is 42.7 Å². The summed E-state index contributed by atoms with van der Waals surface area (Å²) in [7, 11) is 3.12. The first kappa shape index (κ1) is 23.8. The SMILES string of the molecule is COc1cc(NC(=NCCc2c[nH]c3ccccc23)NC(=O)c2ccc(C)c(F)c2)cc(OC)c1. The third kappa shape index (κ3) is 5.78. The number of anilines is 1. The van der Waals surface area contributed by atoms with E-state index in [4.69, 9.17) is 9.47 Å². The van der Waals surface area contributed by atoms with Crippen molar-refractivity contribution >= 4 is 28.5 Å². The maximum atomic E-state index is 14.0. The molecule has 0 aliphatic carbocycles. The van der Waals surface area contributed by atoms with Crippen LogP contribution in [0.25, 0.3) is 10.9 Å². The summed E-state index contributed by atoms with van der Waals surface area (Å²) in [6.07, 6.45) is 2.62. The first-order valence-electron chi connectivity index (χ1n) is 11.1. The van der Waals surface area contributed by atoms with Gasteiger partial charge in [0.15, 0.2) is 0 Å². The van der Waals surface area contributed by atoms with Gasteiger partial charge in [0.05, 0.1) is 14.2 Å². The maximum Gasteiger partial charge on any atom is 0.258 e. The van der Waals surface area contributed by atoms with E-state index < -0.39 is 11.7 Å². The van der Waals surface area contributed by atoms with E-state index in [1.54, 1.807) is 51.5 Å². The summed E-state index contributed by atoms with van der Waals surface area (Å²) in [6, 6.07) is 17.7. The Morgan fingerprint density at radius 1 is 1.03 bits per heavy atom. The number of methoxy groups -OCH3 is 2. The van der Waals surface area contributed by atoms with Crippen molar-refractivity contribution < 1.29 is 18.7 Å². The van der Waals surface area contributed by atoms with Crippen molar-refractivity contribution in [2.45, 2.75) is 13.3 Å². The summed E-state index contributed by atoms with van der Waals surface area (Å²) in [4.78, 5) is 20.7. The lowest BCUT2D eigenvalue weighted by Crippen LogP contribution is -2.36. The van der Waals surface area contributed by atoms with E-state index in [0.717, 1.165) is 16.5 Å². The number of amides is 1. The van der Waals surface area contributed by atoms with Crippen molar-refractivity contribution in [3.05, 3.63) is 89.4 Å². The predicted molar refractivity (Wildman–Crippen MR) is 136 cm³/mol. The Bertz CT molecular complexity index is 1360. The number of hydrogen-bond acceptors (Lipinski definition) is 4. The van der Waals surface area contributed by atoms with Crippen LogP contribution < -0.4 is 20.1 Å². The summed E-state index contributed by atoms with van der Waals surface area (Å²) >= 11 is 0. The molecule has 35 heavy (non-hydrogen) atoms. The van der Waals surface area contributed by atoms with Crippen molar-refractivity contribution in [2.75, 3.05) is 26.1 Å². The quantitative estimate of drug-likeness (QED) is 0.258. The first-order valence-corrected chi connectivity index (χ1v) is 11.1. The van der Waals surface area contributed by atoms with Crippen LogP contribution in [0, 0.1) is 12.7 Å². The average molecular weight is 475 g/mol. The molecule has 0 fully saturated rings. The topological polar surface area (TPSA) is 87.7 Å². The second-order valence-electron chi connectivity index (χ2n) is 7.98. The lowest BCUT2D eigenvalue weighted by molar-refractivity contribution is 0.0976. The fourth-order valence-electron chi connectivity index (χ4n) is 3.67. The number of halogens is 1. The molecule has 1 amide bonds. The highest BCUT2D eigenvalue weighted by Crippen LogP contribution is 2.26. The fourth-order valence-corrected chi connectivity index (χ4v) is 3.67. The van der Waals surface area contributed by atoms with Crippen LogP contribution in [0.15, 0.2) is 71.9 Å². The van der Waals surface area contributed by atoms with Gasteiger partial charge in [-0.25, -0.2) is 4.39 Å². The van der Waals surface area contributed by atoms with Gasteiger partial charge in [-0.2, -0.15) is 0 Å². The molecule has 0 aliphatic rings. The molecule has 3 aromatic carbocycles. The van der Waals surface area contributed by atoms with E-state index >= 15 is 0 Å². The molecule has 0 atom stereocenters. The van der Waals surface area contributed by atoms with Gasteiger partial charge in [-0.3, -0.25) is 15.1 Å². The second-order valence-corrected chi connectivity index (χ2v) is 7.98. The molecular weight excluding hydrogens is 447 g/mol. The van der Waals surface area contributed by atoms with Crippen LogP contribution in [0.2, 0.25) is 0 Å². The van der Waals surface area contributed by atoms with Crippen LogP contribution in [0.1, 0.15) is 21.5 Å². The zero-order valence-electron chi connectivity index (χ0n) is 19.8. The number of rotatable bonds is 7. The fraction of sp³-hybridized carbons (Fsp3) is 0.185. The minimum absolute atomic E-state index is 0.197. The minimum Gasteiger partial charge on any atom is -0.497 e. The molecule has 8 heteroatoms. The molecule has 0 spiro atoms. The van der Waals surface area contributed by atoms with Gasteiger partial charge in [0.25, 0.3) is 5.91 Å². The van der Waals surface area contributed by atoms with Gasteiger partial charge in [0.1, 0.15) is 17.3 Å². The third-order valence-corrected chi connectivity index (χ3v) is 5.61. The van der Waals surface area contributed by atoms with Crippen LogP contribution in [0.3, 0.4) is 0 Å². The molecule has 0 bridgehead atoms. The number of fused-ring (bicyclic) bond motifs is 1. The molecule has 3 N–H and O–H groups in total. The minimum atomic E-state index is -0.475. The van der Waals surface area contributed by atoms with E-state index in [1.165, 1.54) is 6.07 Å². The number of H-pyrrole nitrogens is 1. The number of nitrogens with zero attached hydrogens (tertiary/aromatic N) is 1.